The molecule has 0 radical (unpaired) electrons. The van der Waals surface area contributed by atoms with Gasteiger partial charge in [-0.1, -0.05) is 19.1 Å². The number of aromatic nitrogens is 1. The van der Waals surface area contributed by atoms with Gasteiger partial charge in [0.25, 0.3) is 5.91 Å². The number of anilines is 1. The molecule has 21 heavy (non-hydrogen) atoms. The van der Waals surface area contributed by atoms with E-state index < -0.39 is 0 Å². The Hall–Kier alpha value is -2.21. The SMILES string of the molecule is COC(=O)[C@@H](C)Cc1ccc(NC(=O)c2cscn2)cc1. The van der Waals surface area contributed by atoms with Crippen molar-refractivity contribution < 1.29 is 14.3 Å². The first-order chi connectivity index (χ1) is 10.1. The zero-order chi connectivity index (χ0) is 15.2. The molecular formula is C15H16N2O3S. The number of carbonyl (C=O) groups is 2. The van der Waals surface area contributed by atoms with Crippen molar-refractivity contribution in [1.82, 2.24) is 4.98 Å². The van der Waals surface area contributed by atoms with Gasteiger partial charge in [0.1, 0.15) is 5.69 Å². The number of amides is 1. The summed E-state index contributed by atoms with van der Waals surface area (Å²) in [7, 11) is 1.38. The lowest BCUT2D eigenvalue weighted by atomic mass is 10.0. The Morgan fingerprint density at radius 2 is 2.05 bits per heavy atom. The second kappa shape index (κ2) is 6.99. The molecule has 2 rings (SSSR count). The van der Waals surface area contributed by atoms with Crippen LogP contribution in [0.3, 0.4) is 0 Å². The number of hydrogen-bond donors (Lipinski definition) is 1. The summed E-state index contributed by atoms with van der Waals surface area (Å²) in [6.07, 6.45) is 0.604. The summed E-state index contributed by atoms with van der Waals surface area (Å²) in [4.78, 5) is 27.2. The molecule has 0 aliphatic rings. The van der Waals surface area contributed by atoms with Gasteiger partial charge in [-0.25, -0.2) is 4.98 Å². The third-order valence-electron chi connectivity index (χ3n) is 3.02. The van der Waals surface area contributed by atoms with Crippen LogP contribution in [0, 0.1) is 5.92 Å². The molecule has 1 N–H and O–H groups in total. The summed E-state index contributed by atoms with van der Waals surface area (Å²) in [5.41, 5.74) is 3.73. The third-order valence-corrected chi connectivity index (χ3v) is 3.61. The molecule has 1 amide bonds. The van der Waals surface area contributed by atoms with Crippen LogP contribution in [0.2, 0.25) is 0 Å². The Balaban J connectivity index is 1.96. The first-order valence-corrected chi connectivity index (χ1v) is 7.40. The van der Waals surface area contributed by atoms with Crippen molar-refractivity contribution in [1.29, 1.82) is 0 Å². The van der Waals surface area contributed by atoms with Crippen molar-refractivity contribution in [2.45, 2.75) is 13.3 Å². The number of nitrogens with one attached hydrogen (secondary N) is 1. The summed E-state index contributed by atoms with van der Waals surface area (Å²) in [5.74, 6) is -0.645. The number of hydrogen-bond acceptors (Lipinski definition) is 5. The van der Waals surface area contributed by atoms with Gasteiger partial charge in [-0.05, 0) is 24.1 Å². The Bertz CT molecular complexity index is 608. The van der Waals surface area contributed by atoms with E-state index in [1.54, 1.807) is 10.9 Å². The summed E-state index contributed by atoms with van der Waals surface area (Å²) in [6.45, 7) is 1.82. The molecule has 6 heteroatoms. The number of methoxy groups -OCH3 is 1. The minimum absolute atomic E-state index is 0.189. The van der Waals surface area contributed by atoms with E-state index in [2.05, 4.69) is 10.3 Å². The Morgan fingerprint density at radius 3 is 2.62 bits per heavy atom. The molecule has 0 saturated heterocycles. The van der Waals surface area contributed by atoms with E-state index in [1.807, 2.05) is 31.2 Å². The number of benzene rings is 1. The fraction of sp³-hybridized carbons (Fsp3) is 0.267. The quantitative estimate of drug-likeness (QED) is 0.862. The van der Waals surface area contributed by atoms with Crippen LogP contribution in [0.5, 0.6) is 0 Å². The lowest BCUT2D eigenvalue weighted by molar-refractivity contribution is -0.144. The predicted molar refractivity (Wildman–Crippen MR) is 81.4 cm³/mol. The van der Waals surface area contributed by atoms with Crippen LogP contribution in [-0.4, -0.2) is 24.0 Å². The summed E-state index contributed by atoms with van der Waals surface area (Å²) in [5, 5.41) is 4.47. The standard InChI is InChI=1S/C15H16N2O3S/c1-10(15(19)20-2)7-11-3-5-12(6-4-11)17-14(18)13-8-21-9-16-13/h3-6,8-10H,7H2,1-2H3,(H,17,18)/t10-/m0/s1. The molecule has 0 unspecified atom stereocenters. The zero-order valence-electron chi connectivity index (χ0n) is 11.8. The van der Waals surface area contributed by atoms with Crippen LogP contribution < -0.4 is 5.32 Å². The van der Waals surface area contributed by atoms with Crippen LogP contribution >= 0.6 is 11.3 Å². The van der Waals surface area contributed by atoms with Gasteiger partial charge >= 0.3 is 5.97 Å². The summed E-state index contributed by atoms with van der Waals surface area (Å²) < 4.78 is 4.70. The number of carbonyl (C=O) groups excluding carboxylic acids is 2. The van der Waals surface area contributed by atoms with Gasteiger partial charge < -0.3 is 10.1 Å². The molecular weight excluding hydrogens is 288 g/mol. The van der Waals surface area contributed by atoms with Gasteiger partial charge in [-0.15, -0.1) is 11.3 Å². The molecule has 0 spiro atoms. The molecule has 1 aromatic heterocycles. The number of esters is 1. The minimum atomic E-state index is -0.230. The van der Waals surface area contributed by atoms with Crippen LogP contribution in [0.25, 0.3) is 0 Å². The average Bonchev–Trinajstić information content (AvgIpc) is 3.02. The Kier molecular flexibility index (Phi) is 5.05. The van der Waals surface area contributed by atoms with Gasteiger partial charge in [-0.3, -0.25) is 9.59 Å². The van der Waals surface area contributed by atoms with Crippen LogP contribution in [0.4, 0.5) is 5.69 Å². The van der Waals surface area contributed by atoms with Crippen molar-refractivity contribution in [3.05, 3.63) is 46.4 Å². The van der Waals surface area contributed by atoms with E-state index >= 15 is 0 Å². The highest BCUT2D eigenvalue weighted by Gasteiger charge is 2.13. The number of rotatable bonds is 5. The maximum Gasteiger partial charge on any atom is 0.308 e. The van der Waals surface area contributed by atoms with Gasteiger partial charge in [-0.2, -0.15) is 0 Å². The largest absolute Gasteiger partial charge is 0.469 e. The molecule has 1 aromatic carbocycles. The molecule has 0 bridgehead atoms. The normalized spacial score (nSPS) is 11.7. The van der Waals surface area contributed by atoms with Crippen molar-refractivity contribution in [3.8, 4) is 0 Å². The first kappa shape index (κ1) is 15.2. The molecule has 1 heterocycles. The topological polar surface area (TPSA) is 68.3 Å². The molecule has 5 nitrogen and oxygen atoms in total. The molecule has 0 aliphatic carbocycles. The van der Waals surface area contributed by atoms with E-state index in [4.69, 9.17) is 4.74 Å². The lowest BCUT2D eigenvalue weighted by Gasteiger charge is -2.10. The molecule has 0 fully saturated rings. The highest BCUT2D eigenvalue weighted by atomic mass is 32.1. The predicted octanol–water partition coefficient (Wildman–Crippen LogP) is 2.75. The van der Waals surface area contributed by atoms with Crippen molar-refractivity contribution in [3.63, 3.8) is 0 Å². The second-order valence-corrected chi connectivity index (χ2v) is 5.37. The van der Waals surface area contributed by atoms with E-state index in [9.17, 15) is 9.59 Å². The smallest absolute Gasteiger partial charge is 0.308 e. The van der Waals surface area contributed by atoms with E-state index in [0.29, 0.717) is 17.8 Å². The van der Waals surface area contributed by atoms with E-state index in [1.165, 1.54) is 18.4 Å². The van der Waals surface area contributed by atoms with Gasteiger partial charge in [0, 0.05) is 11.1 Å². The maximum absolute atomic E-state index is 11.8. The van der Waals surface area contributed by atoms with Crippen LogP contribution in [-0.2, 0) is 16.0 Å². The minimum Gasteiger partial charge on any atom is -0.469 e. The van der Waals surface area contributed by atoms with Crippen molar-refractivity contribution in [2.24, 2.45) is 5.92 Å². The fourth-order valence-electron chi connectivity index (χ4n) is 1.88. The van der Waals surface area contributed by atoms with E-state index in [0.717, 1.165) is 5.56 Å². The molecule has 0 saturated carbocycles. The van der Waals surface area contributed by atoms with Crippen molar-refractivity contribution in [2.75, 3.05) is 12.4 Å². The zero-order valence-corrected chi connectivity index (χ0v) is 12.6. The van der Waals surface area contributed by atoms with E-state index in [-0.39, 0.29) is 17.8 Å². The molecule has 2 aromatic rings. The number of nitrogens with zero attached hydrogens (tertiary/aromatic N) is 1. The average molecular weight is 304 g/mol. The van der Waals surface area contributed by atoms with Gasteiger partial charge in [0.15, 0.2) is 0 Å². The highest BCUT2D eigenvalue weighted by Crippen LogP contribution is 2.15. The molecule has 1 atom stereocenters. The van der Waals surface area contributed by atoms with Gasteiger partial charge in [0.05, 0.1) is 18.5 Å². The van der Waals surface area contributed by atoms with Gasteiger partial charge in [0.2, 0.25) is 0 Å². The highest BCUT2D eigenvalue weighted by molar-refractivity contribution is 7.07. The Labute approximate surface area is 127 Å². The monoisotopic (exact) mass is 304 g/mol. The molecule has 110 valence electrons. The fourth-order valence-corrected chi connectivity index (χ4v) is 2.41. The first-order valence-electron chi connectivity index (χ1n) is 6.46. The third kappa shape index (κ3) is 4.13. The second-order valence-electron chi connectivity index (χ2n) is 4.65. The molecule has 0 aliphatic heterocycles. The lowest BCUT2D eigenvalue weighted by Crippen LogP contribution is -2.15. The van der Waals surface area contributed by atoms with Crippen LogP contribution in [0.1, 0.15) is 23.0 Å². The number of ether oxygens (including phenoxy) is 1. The van der Waals surface area contributed by atoms with Crippen molar-refractivity contribution >= 4 is 28.9 Å². The summed E-state index contributed by atoms with van der Waals surface area (Å²) in [6, 6.07) is 7.39. The Morgan fingerprint density at radius 1 is 1.33 bits per heavy atom. The number of thiazole rings is 1. The van der Waals surface area contributed by atoms with Crippen LogP contribution in [0.15, 0.2) is 35.2 Å². The maximum atomic E-state index is 11.8. The summed E-state index contributed by atoms with van der Waals surface area (Å²) >= 11 is 1.38.